The molecule has 0 bridgehead atoms. The van der Waals surface area contributed by atoms with Crippen LogP contribution in [0.15, 0.2) is 18.2 Å². The van der Waals surface area contributed by atoms with Gasteiger partial charge in [0.05, 0.1) is 6.10 Å². The summed E-state index contributed by atoms with van der Waals surface area (Å²) in [4.78, 5) is 0. The Morgan fingerprint density at radius 2 is 2.00 bits per heavy atom. The van der Waals surface area contributed by atoms with Crippen LogP contribution >= 0.6 is 0 Å². The molecule has 84 valence electrons. The van der Waals surface area contributed by atoms with Gasteiger partial charge in [-0.05, 0) is 37.3 Å². The average molecular weight is 207 g/mol. The van der Waals surface area contributed by atoms with E-state index in [0.29, 0.717) is 12.5 Å². The van der Waals surface area contributed by atoms with E-state index >= 15 is 0 Å². The van der Waals surface area contributed by atoms with Crippen molar-refractivity contribution < 1.29 is 5.11 Å². The van der Waals surface area contributed by atoms with Gasteiger partial charge in [-0.3, -0.25) is 0 Å². The van der Waals surface area contributed by atoms with Crippen LogP contribution in [0.5, 0.6) is 0 Å². The first-order valence-electron chi connectivity index (χ1n) is 5.50. The smallest absolute Gasteiger partial charge is 0.0668 e. The van der Waals surface area contributed by atoms with Gasteiger partial charge in [-0.15, -0.1) is 0 Å². The van der Waals surface area contributed by atoms with Crippen molar-refractivity contribution in [1.82, 2.24) is 0 Å². The van der Waals surface area contributed by atoms with Crippen molar-refractivity contribution in [2.24, 2.45) is 5.73 Å². The third kappa shape index (κ3) is 3.33. The molecule has 1 aromatic rings. The minimum atomic E-state index is -0.389. The maximum absolute atomic E-state index is 9.52. The first kappa shape index (κ1) is 12.2. The Hall–Kier alpha value is -0.860. The molecule has 0 saturated carbocycles. The molecule has 1 aromatic carbocycles. The first-order chi connectivity index (χ1) is 7.04. The van der Waals surface area contributed by atoms with E-state index in [2.05, 4.69) is 39.0 Å². The van der Waals surface area contributed by atoms with Crippen LogP contribution in [0.3, 0.4) is 0 Å². The van der Waals surface area contributed by atoms with Crippen molar-refractivity contribution in [3.05, 3.63) is 34.9 Å². The van der Waals surface area contributed by atoms with E-state index in [1.54, 1.807) is 0 Å². The lowest BCUT2D eigenvalue weighted by molar-refractivity contribution is 0.165. The lowest BCUT2D eigenvalue weighted by atomic mass is 9.90. The summed E-state index contributed by atoms with van der Waals surface area (Å²) in [6.07, 6.45) is 0.348. The van der Waals surface area contributed by atoms with Gasteiger partial charge in [-0.1, -0.05) is 30.7 Å². The number of rotatable bonds is 4. The Morgan fingerprint density at radius 3 is 2.60 bits per heavy atom. The number of aliphatic hydroxyl groups is 1. The summed E-state index contributed by atoms with van der Waals surface area (Å²) in [7, 11) is 0. The molecule has 0 fully saturated rings. The van der Waals surface area contributed by atoms with Crippen molar-refractivity contribution >= 4 is 0 Å². The monoisotopic (exact) mass is 207 g/mol. The Labute approximate surface area is 92.1 Å². The van der Waals surface area contributed by atoms with Crippen LogP contribution in [-0.2, 0) is 0 Å². The lowest BCUT2D eigenvalue weighted by Crippen LogP contribution is -2.21. The molecule has 3 N–H and O–H groups in total. The number of hydrogen-bond donors (Lipinski definition) is 2. The minimum absolute atomic E-state index is 0.342. The van der Waals surface area contributed by atoms with E-state index in [1.807, 2.05) is 0 Å². The Morgan fingerprint density at radius 1 is 1.33 bits per heavy atom. The molecule has 0 radical (unpaired) electrons. The third-order valence-corrected chi connectivity index (χ3v) is 2.86. The highest BCUT2D eigenvalue weighted by Crippen LogP contribution is 2.24. The highest BCUT2D eigenvalue weighted by atomic mass is 16.3. The van der Waals surface area contributed by atoms with E-state index in [0.717, 1.165) is 6.42 Å². The van der Waals surface area contributed by atoms with Crippen LogP contribution in [-0.4, -0.2) is 17.8 Å². The molecule has 2 heteroatoms. The zero-order valence-electron chi connectivity index (χ0n) is 9.83. The van der Waals surface area contributed by atoms with Crippen LogP contribution in [0.2, 0.25) is 0 Å². The Balaban J connectivity index is 2.80. The number of benzene rings is 1. The maximum atomic E-state index is 9.52. The quantitative estimate of drug-likeness (QED) is 0.794. The van der Waals surface area contributed by atoms with Crippen molar-refractivity contribution in [2.45, 2.75) is 39.2 Å². The first-order valence-corrected chi connectivity index (χ1v) is 5.50. The van der Waals surface area contributed by atoms with Crippen LogP contribution in [0.4, 0.5) is 0 Å². The average Bonchev–Trinajstić information content (AvgIpc) is 2.21. The molecule has 2 atom stereocenters. The fourth-order valence-electron chi connectivity index (χ4n) is 1.92. The highest BCUT2D eigenvalue weighted by Gasteiger charge is 2.12. The van der Waals surface area contributed by atoms with Gasteiger partial charge in [-0.2, -0.15) is 0 Å². The predicted molar refractivity (Wildman–Crippen MR) is 64.0 cm³/mol. The number of hydrogen-bond acceptors (Lipinski definition) is 2. The van der Waals surface area contributed by atoms with E-state index < -0.39 is 0 Å². The van der Waals surface area contributed by atoms with Crippen molar-refractivity contribution in [3.8, 4) is 0 Å². The summed E-state index contributed by atoms with van der Waals surface area (Å²) in [6.45, 7) is 6.69. The summed E-state index contributed by atoms with van der Waals surface area (Å²) < 4.78 is 0. The molecular formula is C13H21NO. The number of aryl methyl sites for hydroxylation is 2. The van der Waals surface area contributed by atoms with Crippen LogP contribution in [0.25, 0.3) is 0 Å². The Bertz CT molecular complexity index is 322. The van der Waals surface area contributed by atoms with Crippen LogP contribution in [0.1, 0.15) is 36.0 Å². The van der Waals surface area contributed by atoms with Gasteiger partial charge in [0.2, 0.25) is 0 Å². The lowest BCUT2D eigenvalue weighted by Gasteiger charge is -2.18. The topological polar surface area (TPSA) is 46.2 Å². The van der Waals surface area contributed by atoms with E-state index in [1.165, 1.54) is 16.7 Å². The molecule has 0 aliphatic heterocycles. The summed E-state index contributed by atoms with van der Waals surface area (Å²) in [5.74, 6) is 0.364. The minimum Gasteiger partial charge on any atom is -0.392 e. The predicted octanol–water partition coefficient (Wildman–Crippen LogP) is 2.12. The second kappa shape index (κ2) is 5.29. The van der Waals surface area contributed by atoms with Gasteiger partial charge < -0.3 is 10.8 Å². The summed E-state index contributed by atoms with van der Waals surface area (Å²) in [6, 6.07) is 6.45. The second-order valence-corrected chi connectivity index (χ2v) is 4.39. The molecule has 0 heterocycles. The summed E-state index contributed by atoms with van der Waals surface area (Å²) >= 11 is 0. The van der Waals surface area contributed by atoms with E-state index in [4.69, 9.17) is 5.73 Å². The van der Waals surface area contributed by atoms with Gasteiger partial charge in [-0.25, -0.2) is 0 Å². The molecule has 15 heavy (non-hydrogen) atoms. The highest BCUT2D eigenvalue weighted by molar-refractivity contribution is 5.33. The normalized spacial score (nSPS) is 15.0. The van der Waals surface area contributed by atoms with Crippen LogP contribution < -0.4 is 5.73 Å². The molecular weight excluding hydrogens is 186 g/mol. The number of nitrogens with two attached hydrogens (primary N) is 1. The van der Waals surface area contributed by atoms with Crippen molar-refractivity contribution in [2.75, 3.05) is 6.54 Å². The molecule has 2 nitrogen and oxygen atoms in total. The van der Waals surface area contributed by atoms with Gasteiger partial charge >= 0.3 is 0 Å². The molecule has 2 unspecified atom stereocenters. The van der Waals surface area contributed by atoms with Gasteiger partial charge in [0.1, 0.15) is 0 Å². The Kier molecular flexibility index (Phi) is 4.30. The maximum Gasteiger partial charge on any atom is 0.0668 e. The van der Waals surface area contributed by atoms with Gasteiger partial charge in [0.15, 0.2) is 0 Å². The summed E-state index contributed by atoms with van der Waals surface area (Å²) in [5, 5.41) is 9.52. The van der Waals surface area contributed by atoms with Crippen molar-refractivity contribution in [3.63, 3.8) is 0 Å². The molecule has 1 rings (SSSR count). The fourth-order valence-corrected chi connectivity index (χ4v) is 1.92. The van der Waals surface area contributed by atoms with Gasteiger partial charge in [0.25, 0.3) is 0 Å². The summed E-state index contributed by atoms with van der Waals surface area (Å²) in [5.41, 5.74) is 9.30. The van der Waals surface area contributed by atoms with Crippen molar-refractivity contribution in [1.29, 1.82) is 0 Å². The van der Waals surface area contributed by atoms with E-state index in [9.17, 15) is 5.11 Å². The zero-order valence-corrected chi connectivity index (χ0v) is 9.83. The molecule has 0 spiro atoms. The van der Waals surface area contributed by atoms with Gasteiger partial charge in [0, 0.05) is 6.54 Å². The largest absolute Gasteiger partial charge is 0.392 e. The SMILES string of the molecule is Cc1ccc(C)c(C(C)CC(O)CN)c1. The molecule has 0 aliphatic rings. The number of aliphatic hydroxyl groups excluding tert-OH is 1. The molecule has 0 aromatic heterocycles. The van der Waals surface area contributed by atoms with E-state index in [-0.39, 0.29) is 6.10 Å². The third-order valence-electron chi connectivity index (χ3n) is 2.86. The second-order valence-electron chi connectivity index (χ2n) is 4.39. The molecule has 0 amide bonds. The standard InChI is InChI=1S/C13H21NO/c1-9-4-5-10(2)13(6-9)11(3)7-12(15)8-14/h4-6,11-12,15H,7-8,14H2,1-3H3. The zero-order chi connectivity index (χ0) is 11.4. The van der Waals surface area contributed by atoms with Crippen LogP contribution in [0, 0.1) is 13.8 Å². The fraction of sp³-hybridized carbons (Fsp3) is 0.538. The molecule has 0 saturated heterocycles. The molecule has 0 aliphatic carbocycles.